The van der Waals surface area contributed by atoms with Gasteiger partial charge in [0.05, 0.1) is 11.0 Å². The molecule has 1 atom stereocenters. The summed E-state index contributed by atoms with van der Waals surface area (Å²) in [4.78, 5) is 38.4. The largest absolute Gasteiger partial charge is 2.00 e. The molecule has 2 aliphatic heterocycles. The summed E-state index contributed by atoms with van der Waals surface area (Å²) in [6, 6.07) is 5.06. The Morgan fingerprint density at radius 3 is 2.42 bits per heavy atom. The van der Waals surface area contributed by atoms with Gasteiger partial charge in [0.15, 0.2) is 0 Å². The van der Waals surface area contributed by atoms with E-state index in [2.05, 4.69) is 29.4 Å². The zero-order valence-electron chi connectivity index (χ0n) is 18.2. The zero-order chi connectivity index (χ0) is 21.7. The summed E-state index contributed by atoms with van der Waals surface area (Å²) in [5.41, 5.74) is 2.37. The first kappa shape index (κ1) is 25.9. The third kappa shape index (κ3) is 5.89. The number of imide groups is 1. The Morgan fingerprint density at radius 1 is 1.13 bits per heavy atom. The monoisotopic (exact) mass is 651 g/mol. The molecule has 0 aliphatic carbocycles. The van der Waals surface area contributed by atoms with Gasteiger partial charge in [0, 0.05) is 39.6 Å². The molecule has 8 nitrogen and oxygen atoms in total. The predicted molar refractivity (Wildman–Crippen MR) is 117 cm³/mol. The third-order valence-electron chi connectivity index (χ3n) is 5.68. The fourth-order valence-corrected chi connectivity index (χ4v) is 4.08. The minimum atomic E-state index is -0.635. The first-order valence-corrected chi connectivity index (χ1v) is 10.5. The number of amides is 2. The van der Waals surface area contributed by atoms with Gasteiger partial charge in [-0.1, -0.05) is 18.6 Å². The molecule has 31 heavy (non-hydrogen) atoms. The number of aromatic nitrogens is 2. The number of carbonyl (C=O) groups excluding carboxylic acids is 2. The predicted octanol–water partition coefficient (Wildman–Crippen LogP) is 0.810. The van der Waals surface area contributed by atoms with Crippen molar-refractivity contribution in [2.75, 3.05) is 32.7 Å². The average Bonchev–Trinajstić information content (AvgIpc) is 3.01. The van der Waals surface area contributed by atoms with Crippen molar-refractivity contribution < 1.29 is 40.7 Å². The summed E-state index contributed by atoms with van der Waals surface area (Å²) in [5.74, 6) is -0.694. The summed E-state index contributed by atoms with van der Waals surface area (Å²) in [7, 11) is 1.71. The van der Waals surface area contributed by atoms with E-state index in [0.29, 0.717) is 6.42 Å². The summed E-state index contributed by atoms with van der Waals surface area (Å²) in [5, 5.41) is 5.59. The molecule has 0 spiro atoms. The van der Waals surface area contributed by atoms with Crippen LogP contribution in [0.1, 0.15) is 30.9 Å². The standard InChI is InChI=1S/C16H18N3O3.C6H13N2.U/c1-3-5-10-6-4-7-11-14(10)18(2)16(22)19(11)12-8-9-13(20)17-15(12)21;1-2-8-5-3-7-4-6-8;/h4,6-7,12H,1,3,5,8-9H2,2H3,(H,17,20,21);7H,1-6H2;/q2*-1;+2. The number of piperidine rings is 1. The fourth-order valence-electron chi connectivity index (χ4n) is 4.08. The molecular formula is C22H31N5O3U. The van der Waals surface area contributed by atoms with E-state index >= 15 is 0 Å². The molecule has 1 aromatic carbocycles. The van der Waals surface area contributed by atoms with Gasteiger partial charge in [0.1, 0.15) is 6.04 Å². The molecule has 2 saturated heterocycles. The number of nitrogens with one attached hydrogen (secondary N) is 2. The van der Waals surface area contributed by atoms with Crippen molar-refractivity contribution >= 4 is 22.8 Å². The van der Waals surface area contributed by atoms with Gasteiger partial charge in [-0.15, -0.1) is 6.54 Å². The Balaban J connectivity index is 0.000000322. The van der Waals surface area contributed by atoms with Gasteiger partial charge in [-0.05, 0) is 18.1 Å². The van der Waals surface area contributed by atoms with E-state index in [0.717, 1.165) is 49.1 Å². The van der Waals surface area contributed by atoms with Gasteiger partial charge < -0.3 is 24.1 Å². The first-order chi connectivity index (χ1) is 14.5. The van der Waals surface area contributed by atoms with E-state index in [9.17, 15) is 14.4 Å². The minimum Gasteiger partial charge on any atom is -0.343 e. The van der Waals surface area contributed by atoms with Crippen molar-refractivity contribution in [3.8, 4) is 0 Å². The van der Waals surface area contributed by atoms with Gasteiger partial charge in [-0.25, -0.2) is 4.79 Å². The maximum atomic E-state index is 12.6. The van der Waals surface area contributed by atoms with Crippen LogP contribution in [0, 0.1) is 45.0 Å². The number of imidazole rings is 1. The van der Waals surface area contributed by atoms with Crippen LogP contribution >= 0.6 is 0 Å². The van der Waals surface area contributed by atoms with Crippen LogP contribution < -0.4 is 16.3 Å². The molecule has 9 heteroatoms. The Hall–Kier alpha value is -1.40. The molecule has 166 valence electrons. The van der Waals surface area contributed by atoms with E-state index < -0.39 is 11.9 Å². The molecule has 0 radical (unpaired) electrons. The van der Waals surface area contributed by atoms with E-state index in [1.54, 1.807) is 11.6 Å². The third-order valence-corrected chi connectivity index (χ3v) is 5.68. The zero-order valence-corrected chi connectivity index (χ0v) is 22.3. The van der Waals surface area contributed by atoms with E-state index in [1.807, 2.05) is 18.2 Å². The molecule has 2 N–H and O–H groups in total. The number of hydrogen-bond acceptors (Lipinski definition) is 5. The Labute approximate surface area is 207 Å². The molecular weight excluding hydrogens is 620 g/mol. The molecule has 0 bridgehead atoms. The molecule has 4 rings (SSSR count). The van der Waals surface area contributed by atoms with E-state index in [4.69, 9.17) is 0 Å². The number of benzene rings is 1. The second-order valence-corrected chi connectivity index (χ2v) is 7.66. The fraction of sp³-hybridized carbons (Fsp3) is 0.500. The van der Waals surface area contributed by atoms with Crippen molar-refractivity contribution in [2.24, 2.45) is 7.05 Å². The Bertz CT molecular complexity index is 962. The van der Waals surface area contributed by atoms with Crippen LogP contribution in [0.4, 0.5) is 0 Å². The normalized spacial score (nSPS) is 19.4. The van der Waals surface area contributed by atoms with Gasteiger partial charge in [-0.3, -0.25) is 24.0 Å². The van der Waals surface area contributed by atoms with E-state index in [1.165, 1.54) is 17.7 Å². The van der Waals surface area contributed by atoms with Crippen LogP contribution in [0.5, 0.6) is 0 Å². The van der Waals surface area contributed by atoms with Gasteiger partial charge in [0.2, 0.25) is 11.8 Å². The minimum absolute atomic E-state index is 0. The van der Waals surface area contributed by atoms with Gasteiger partial charge in [-0.2, -0.15) is 6.42 Å². The summed E-state index contributed by atoms with van der Waals surface area (Å²) in [6.45, 7) is 13.2. The Kier molecular flexibility index (Phi) is 10.0. The van der Waals surface area contributed by atoms with Crippen molar-refractivity contribution in [3.63, 3.8) is 0 Å². The van der Waals surface area contributed by atoms with Gasteiger partial charge in [0.25, 0.3) is 0 Å². The average molecular weight is 652 g/mol. The molecule has 2 aromatic rings. The Morgan fingerprint density at radius 2 is 1.84 bits per heavy atom. The molecule has 0 saturated carbocycles. The number of para-hydroxylation sites is 1. The van der Waals surface area contributed by atoms with Crippen LogP contribution in [0.15, 0.2) is 23.0 Å². The van der Waals surface area contributed by atoms with Crippen LogP contribution in [0.3, 0.4) is 0 Å². The number of aryl methyl sites for hydroxylation is 2. The second kappa shape index (κ2) is 12.0. The molecule has 1 aromatic heterocycles. The number of hydrogen-bond donors (Lipinski definition) is 2. The van der Waals surface area contributed by atoms with Gasteiger partial charge >= 0.3 is 36.8 Å². The maximum absolute atomic E-state index is 12.6. The topological polar surface area (TPSA) is 88.4 Å². The summed E-state index contributed by atoms with van der Waals surface area (Å²) >= 11 is 0. The SMILES string of the molecule is [CH2-]CCc1cccc2c1n(C)c(=O)n2C1CCC(=O)NC1=O.[CH2-]CN1CCNCC1.[U+2]. The van der Waals surface area contributed by atoms with Crippen LogP contribution in [0.2, 0.25) is 0 Å². The van der Waals surface area contributed by atoms with Crippen LogP contribution in [-0.4, -0.2) is 58.6 Å². The number of fused-ring (bicyclic) bond motifs is 1. The summed E-state index contributed by atoms with van der Waals surface area (Å²) < 4.78 is 3.08. The molecule has 2 amide bonds. The van der Waals surface area contributed by atoms with Crippen LogP contribution in [0.25, 0.3) is 11.0 Å². The van der Waals surface area contributed by atoms with Crippen molar-refractivity contribution in [3.05, 3.63) is 48.1 Å². The van der Waals surface area contributed by atoms with Crippen LogP contribution in [-0.2, 0) is 23.1 Å². The number of rotatable bonds is 4. The second-order valence-electron chi connectivity index (χ2n) is 7.66. The molecule has 1 unspecified atom stereocenters. The van der Waals surface area contributed by atoms with E-state index in [-0.39, 0.29) is 49.1 Å². The number of nitrogens with zero attached hydrogens (tertiary/aromatic N) is 3. The van der Waals surface area contributed by atoms with Crippen molar-refractivity contribution in [1.82, 2.24) is 24.7 Å². The smallest absolute Gasteiger partial charge is 0.343 e. The number of carbonyl (C=O) groups is 2. The maximum Gasteiger partial charge on any atom is 2.00 e. The summed E-state index contributed by atoms with van der Waals surface area (Å²) in [6.07, 6.45) is 2.10. The molecule has 2 fully saturated rings. The first-order valence-electron chi connectivity index (χ1n) is 10.5. The van der Waals surface area contributed by atoms with Crippen molar-refractivity contribution in [1.29, 1.82) is 0 Å². The van der Waals surface area contributed by atoms with Crippen molar-refractivity contribution in [2.45, 2.75) is 31.7 Å². The quantitative estimate of drug-likeness (QED) is 0.378. The molecule has 3 heterocycles. The number of piperazine rings is 1. The molecule has 2 aliphatic rings.